The van der Waals surface area contributed by atoms with Crippen LogP contribution in [-0.4, -0.2) is 16.3 Å². The van der Waals surface area contributed by atoms with E-state index in [1.165, 1.54) is 37.2 Å². The summed E-state index contributed by atoms with van der Waals surface area (Å²) in [5.74, 6) is 4.46. The normalized spacial score (nSPS) is 31.7. The van der Waals surface area contributed by atoms with Gasteiger partial charge in [-0.1, -0.05) is 43.6 Å². The molecule has 1 saturated carbocycles. The lowest BCUT2D eigenvalue weighted by atomic mass is 9.68. The maximum Gasteiger partial charge on any atom is 0.0174 e. The first-order valence-corrected chi connectivity index (χ1v) is 8.74. The molecule has 3 unspecified atom stereocenters. The Bertz CT molecular complexity index is 197. The molecular weight excluding hydrogens is 280 g/mol. The molecule has 3 atom stereocenters. The maximum absolute atomic E-state index is 3.89. The lowest BCUT2D eigenvalue weighted by Crippen LogP contribution is -2.32. The van der Waals surface area contributed by atoms with Gasteiger partial charge in [-0.2, -0.15) is 11.8 Å². The van der Waals surface area contributed by atoms with Gasteiger partial charge in [0, 0.05) is 4.83 Å². The lowest BCUT2D eigenvalue weighted by molar-refractivity contribution is 0.145. The van der Waals surface area contributed by atoms with Crippen LogP contribution in [-0.2, 0) is 0 Å². The number of hydrogen-bond acceptors (Lipinski definition) is 1. The average Bonchev–Trinajstić information content (AvgIpc) is 2.19. The molecule has 0 aromatic rings. The van der Waals surface area contributed by atoms with Crippen molar-refractivity contribution >= 4 is 27.7 Å². The zero-order chi connectivity index (χ0) is 12.2. The third kappa shape index (κ3) is 4.60. The molecular formula is C14H27BrS. The molecule has 0 aromatic heterocycles. The molecule has 0 aliphatic heterocycles. The van der Waals surface area contributed by atoms with Crippen LogP contribution in [0.2, 0.25) is 0 Å². The van der Waals surface area contributed by atoms with E-state index in [0.717, 1.165) is 16.7 Å². The van der Waals surface area contributed by atoms with Gasteiger partial charge in [0.2, 0.25) is 0 Å². The monoisotopic (exact) mass is 306 g/mol. The molecule has 96 valence electrons. The molecule has 0 N–H and O–H groups in total. The second-order valence-corrected chi connectivity index (χ2v) is 8.71. The highest BCUT2D eigenvalue weighted by Gasteiger charge is 2.34. The third-order valence-electron chi connectivity index (χ3n) is 3.95. The van der Waals surface area contributed by atoms with E-state index in [0.29, 0.717) is 5.41 Å². The van der Waals surface area contributed by atoms with Crippen LogP contribution in [0.3, 0.4) is 0 Å². The Kier molecular flexibility index (Phi) is 6.22. The zero-order valence-corrected chi connectivity index (χ0v) is 13.7. The standard InChI is InChI=1S/C14H27BrS/c1-5-16-9-8-11-10-12(14(2,3)4)6-7-13(11)15/h11-13H,5-10H2,1-4H3. The summed E-state index contributed by atoms with van der Waals surface area (Å²) >= 11 is 5.98. The Morgan fingerprint density at radius 1 is 1.25 bits per heavy atom. The van der Waals surface area contributed by atoms with Crippen molar-refractivity contribution in [1.82, 2.24) is 0 Å². The van der Waals surface area contributed by atoms with Crippen LogP contribution in [0.15, 0.2) is 0 Å². The lowest BCUT2D eigenvalue weighted by Gasteiger charge is -2.40. The molecule has 0 amide bonds. The quantitative estimate of drug-likeness (QED) is 0.498. The number of rotatable bonds is 4. The van der Waals surface area contributed by atoms with Crippen LogP contribution in [0.5, 0.6) is 0 Å². The number of alkyl halides is 1. The van der Waals surface area contributed by atoms with Crippen LogP contribution in [0, 0.1) is 17.3 Å². The highest BCUT2D eigenvalue weighted by Crippen LogP contribution is 2.43. The summed E-state index contributed by atoms with van der Waals surface area (Å²) in [6.07, 6.45) is 5.63. The number of thioether (sulfide) groups is 1. The summed E-state index contributed by atoms with van der Waals surface area (Å²) in [5, 5.41) is 0. The van der Waals surface area contributed by atoms with Crippen molar-refractivity contribution in [2.24, 2.45) is 17.3 Å². The van der Waals surface area contributed by atoms with Crippen molar-refractivity contribution in [2.45, 2.75) is 58.2 Å². The van der Waals surface area contributed by atoms with Gasteiger partial charge in [0.1, 0.15) is 0 Å². The van der Waals surface area contributed by atoms with Crippen molar-refractivity contribution in [3.8, 4) is 0 Å². The molecule has 0 nitrogen and oxygen atoms in total. The van der Waals surface area contributed by atoms with E-state index in [4.69, 9.17) is 0 Å². The highest BCUT2D eigenvalue weighted by molar-refractivity contribution is 9.09. The van der Waals surface area contributed by atoms with Crippen LogP contribution in [0.25, 0.3) is 0 Å². The van der Waals surface area contributed by atoms with Gasteiger partial charge in [-0.3, -0.25) is 0 Å². The summed E-state index contributed by atoms with van der Waals surface area (Å²) in [5.41, 5.74) is 0.503. The van der Waals surface area contributed by atoms with E-state index in [2.05, 4.69) is 55.4 Å². The van der Waals surface area contributed by atoms with E-state index in [1.54, 1.807) is 0 Å². The van der Waals surface area contributed by atoms with Crippen LogP contribution >= 0.6 is 27.7 Å². The van der Waals surface area contributed by atoms with Gasteiger partial charge in [-0.05, 0) is 54.4 Å². The minimum Gasteiger partial charge on any atom is -0.162 e. The Labute approximate surface area is 114 Å². The molecule has 0 heterocycles. The zero-order valence-electron chi connectivity index (χ0n) is 11.3. The molecule has 0 saturated heterocycles. The van der Waals surface area contributed by atoms with Crippen LogP contribution < -0.4 is 0 Å². The first-order chi connectivity index (χ1) is 7.45. The van der Waals surface area contributed by atoms with Gasteiger partial charge in [0.05, 0.1) is 0 Å². The Balaban J connectivity index is 2.42. The van der Waals surface area contributed by atoms with E-state index in [-0.39, 0.29) is 0 Å². The summed E-state index contributed by atoms with van der Waals surface area (Å²) in [7, 11) is 0. The number of hydrogen-bond donors (Lipinski definition) is 0. The molecule has 0 radical (unpaired) electrons. The van der Waals surface area contributed by atoms with E-state index < -0.39 is 0 Å². The molecule has 1 rings (SSSR count). The molecule has 0 bridgehead atoms. The van der Waals surface area contributed by atoms with Gasteiger partial charge >= 0.3 is 0 Å². The fourth-order valence-corrected chi connectivity index (χ4v) is 4.19. The summed E-state index contributed by atoms with van der Waals surface area (Å²) in [4.78, 5) is 0.781. The van der Waals surface area contributed by atoms with Gasteiger partial charge in [-0.25, -0.2) is 0 Å². The van der Waals surface area contributed by atoms with Crippen molar-refractivity contribution in [2.75, 3.05) is 11.5 Å². The second-order valence-electron chi connectivity index (χ2n) is 6.14. The summed E-state index contributed by atoms with van der Waals surface area (Å²) < 4.78 is 0. The molecule has 0 spiro atoms. The minimum atomic E-state index is 0.503. The number of halogens is 1. The minimum absolute atomic E-state index is 0.503. The van der Waals surface area contributed by atoms with Crippen LogP contribution in [0.4, 0.5) is 0 Å². The van der Waals surface area contributed by atoms with E-state index in [1.807, 2.05) is 0 Å². The maximum atomic E-state index is 3.89. The van der Waals surface area contributed by atoms with Gasteiger partial charge in [0.25, 0.3) is 0 Å². The second kappa shape index (κ2) is 6.68. The first kappa shape index (κ1) is 14.9. The van der Waals surface area contributed by atoms with Crippen molar-refractivity contribution in [1.29, 1.82) is 0 Å². The molecule has 16 heavy (non-hydrogen) atoms. The highest BCUT2D eigenvalue weighted by atomic mass is 79.9. The van der Waals surface area contributed by atoms with Crippen LogP contribution in [0.1, 0.15) is 53.4 Å². The predicted molar refractivity (Wildman–Crippen MR) is 80.6 cm³/mol. The molecule has 1 aliphatic rings. The molecule has 1 aliphatic carbocycles. The predicted octanol–water partition coefficient (Wildman–Crippen LogP) is 5.36. The average molecular weight is 307 g/mol. The Hall–Kier alpha value is 0.830. The fourth-order valence-electron chi connectivity index (χ4n) is 2.69. The topological polar surface area (TPSA) is 0 Å². The Morgan fingerprint density at radius 2 is 1.94 bits per heavy atom. The summed E-state index contributed by atoms with van der Waals surface area (Å²) in [6, 6.07) is 0. The van der Waals surface area contributed by atoms with E-state index in [9.17, 15) is 0 Å². The molecule has 2 heteroatoms. The SMILES string of the molecule is CCSCCC1CC(C(C)(C)C)CCC1Br. The van der Waals surface area contributed by atoms with Crippen molar-refractivity contribution in [3.05, 3.63) is 0 Å². The van der Waals surface area contributed by atoms with Crippen molar-refractivity contribution in [3.63, 3.8) is 0 Å². The first-order valence-electron chi connectivity index (χ1n) is 6.67. The van der Waals surface area contributed by atoms with Gasteiger partial charge in [0.15, 0.2) is 0 Å². The largest absolute Gasteiger partial charge is 0.162 e. The van der Waals surface area contributed by atoms with Gasteiger partial charge in [-0.15, -0.1) is 0 Å². The van der Waals surface area contributed by atoms with Gasteiger partial charge < -0.3 is 0 Å². The third-order valence-corrected chi connectivity index (χ3v) is 6.09. The molecule has 0 aromatic carbocycles. The smallest absolute Gasteiger partial charge is 0.0174 e. The summed E-state index contributed by atoms with van der Waals surface area (Å²) in [6.45, 7) is 9.48. The molecule has 1 fully saturated rings. The Morgan fingerprint density at radius 3 is 2.50 bits per heavy atom. The van der Waals surface area contributed by atoms with Crippen molar-refractivity contribution < 1.29 is 0 Å². The van der Waals surface area contributed by atoms with E-state index >= 15 is 0 Å². The fraction of sp³-hybridized carbons (Fsp3) is 1.00.